The minimum absolute atomic E-state index is 0. The third kappa shape index (κ3) is 6.63. The smallest absolute Gasteiger partial charge is 0.233 e. The maximum atomic E-state index is 12.9. The van der Waals surface area contributed by atoms with E-state index in [-0.39, 0.29) is 18.3 Å². The van der Waals surface area contributed by atoms with Crippen molar-refractivity contribution in [3.8, 4) is 0 Å². The molecule has 0 spiro atoms. The van der Waals surface area contributed by atoms with Gasteiger partial charge in [-0.15, -0.1) is 12.4 Å². The van der Waals surface area contributed by atoms with Gasteiger partial charge in [0.1, 0.15) is 0 Å². The molecule has 0 radical (unpaired) electrons. The molecule has 1 atom stereocenters. The second-order valence-electron chi connectivity index (χ2n) is 6.40. The van der Waals surface area contributed by atoms with E-state index in [9.17, 15) is 9.00 Å². The first-order valence-electron chi connectivity index (χ1n) is 8.53. The molecule has 1 saturated heterocycles. The van der Waals surface area contributed by atoms with Gasteiger partial charge in [-0.05, 0) is 43.6 Å². The van der Waals surface area contributed by atoms with Crippen molar-refractivity contribution in [2.75, 3.05) is 51.6 Å². The lowest BCUT2D eigenvalue weighted by atomic mass is 9.78. The number of rotatable bonds is 9. The van der Waals surface area contributed by atoms with Crippen molar-refractivity contribution >= 4 is 34.8 Å². The van der Waals surface area contributed by atoms with Gasteiger partial charge >= 0.3 is 0 Å². The van der Waals surface area contributed by atoms with Crippen LogP contribution in [0.25, 0.3) is 0 Å². The summed E-state index contributed by atoms with van der Waals surface area (Å²) in [6.45, 7) is 2.53. The number of hydrogen-bond donors (Lipinski definition) is 2. The molecule has 1 unspecified atom stereocenters. The molecular formula is C18H29ClN2O4S. The van der Waals surface area contributed by atoms with Crippen molar-refractivity contribution in [3.63, 3.8) is 0 Å². The maximum absolute atomic E-state index is 12.9. The highest BCUT2D eigenvalue weighted by Crippen LogP contribution is 2.31. The molecular weight excluding hydrogens is 376 g/mol. The van der Waals surface area contributed by atoms with Crippen LogP contribution in [0.1, 0.15) is 18.4 Å². The average molecular weight is 405 g/mol. The molecule has 8 heteroatoms. The Hall–Kier alpha value is -0.990. The molecule has 0 aromatic heterocycles. The first kappa shape index (κ1) is 23.0. The largest absolute Gasteiger partial charge is 0.384 e. The monoisotopic (exact) mass is 404 g/mol. The SMILES string of the molecule is COCCS(=O)Cc1cccc(NC(=O)C2(COC)CCNCC2)c1.Cl. The van der Waals surface area contributed by atoms with Gasteiger partial charge in [0.25, 0.3) is 0 Å². The van der Waals surface area contributed by atoms with Crippen LogP contribution in [0.3, 0.4) is 0 Å². The third-order valence-corrected chi connectivity index (χ3v) is 5.77. The van der Waals surface area contributed by atoms with Gasteiger partial charge in [0.15, 0.2) is 0 Å². The standard InChI is InChI=1S/C18H28N2O4S.ClH/c1-23-10-11-25(22)13-15-4-3-5-16(12-15)20-17(21)18(14-24-2)6-8-19-9-7-18;/h3-5,12,19H,6-11,13-14H2,1-2H3,(H,20,21);1H. The zero-order valence-corrected chi connectivity index (χ0v) is 17.0. The number of piperidine rings is 1. The predicted molar refractivity (Wildman–Crippen MR) is 107 cm³/mol. The second-order valence-corrected chi connectivity index (χ2v) is 7.98. The molecule has 1 fully saturated rings. The summed E-state index contributed by atoms with van der Waals surface area (Å²) in [6.07, 6.45) is 1.51. The van der Waals surface area contributed by atoms with Crippen LogP contribution < -0.4 is 10.6 Å². The molecule has 1 aromatic rings. The van der Waals surface area contributed by atoms with Gasteiger partial charge in [0.2, 0.25) is 5.91 Å². The third-order valence-electron chi connectivity index (χ3n) is 4.49. The van der Waals surface area contributed by atoms with E-state index >= 15 is 0 Å². The Bertz CT molecular complexity index is 589. The summed E-state index contributed by atoms with van der Waals surface area (Å²) in [6, 6.07) is 7.56. The zero-order chi connectivity index (χ0) is 18.1. The molecule has 1 aliphatic rings. The Balaban J connectivity index is 0.00000338. The quantitative estimate of drug-likeness (QED) is 0.658. The van der Waals surface area contributed by atoms with Crippen molar-refractivity contribution in [2.45, 2.75) is 18.6 Å². The summed E-state index contributed by atoms with van der Waals surface area (Å²) in [5.74, 6) is 0.963. The van der Waals surface area contributed by atoms with Crippen molar-refractivity contribution in [3.05, 3.63) is 29.8 Å². The fourth-order valence-corrected chi connectivity index (χ4v) is 4.10. The second kappa shape index (κ2) is 11.7. The molecule has 0 bridgehead atoms. The van der Waals surface area contributed by atoms with Gasteiger partial charge in [-0.25, -0.2) is 0 Å². The molecule has 6 nitrogen and oxygen atoms in total. The van der Waals surface area contributed by atoms with E-state index in [4.69, 9.17) is 9.47 Å². The summed E-state index contributed by atoms with van der Waals surface area (Å²) < 4.78 is 22.3. The van der Waals surface area contributed by atoms with E-state index in [1.165, 1.54) is 0 Å². The van der Waals surface area contributed by atoms with Gasteiger partial charge < -0.3 is 20.1 Å². The van der Waals surface area contributed by atoms with Crippen LogP contribution in [0.4, 0.5) is 5.69 Å². The van der Waals surface area contributed by atoms with Crippen LogP contribution in [0.15, 0.2) is 24.3 Å². The maximum Gasteiger partial charge on any atom is 0.233 e. The number of anilines is 1. The van der Waals surface area contributed by atoms with E-state index < -0.39 is 16.2 Å². The molecule has 26 heavy (non-hydrogen) atoms. The molecule has 0 saturated carbocycles. The summed E-state index contributed by atoms with van der Waals surface area (Å²) >= 11 is 0. The molecule has 2 N–H and O–H groups in total. The molecule has 1 aliphatic heterocycles. The zero-order valence-electron chi connectivity index (χ0n) is 15.4. The Morgan fingerprint density at radius 1 is 1.27 bits per heavy atom. The number of carbonyl (C=O) groups is 1. The number of hydrogen-bond acceptors (Lipinski definition) is 5. The normalized spacial score (nSPS) is 17.2. The Morgan fingerprint density at radius 3 is 2.65 bits per heavy atom. The summed E-state index contributed by atoms with van der Waals surface area (Å²) in [5.41, 5.74) is 1.19. The Labute approximate surface area is 164 Å². The number of amides is 1. The highest BCUT2D eigenvalue weighted by molar-refractivity contribution is 7.84. The number of methoxy groups -OCH3 is 2. The van der Waals surface area contributed by atoms with E-state index in [0.29, 0.717) is 24.7 Å². The van der Waals surface area contributed by atoms with Crippen LogP contribution in [-0.2, 0) is 30.8 Å². The van der Waals surface area contributed by atoms with Gasteiger partial charge in [0.05, 0.1) is 18.6 Å². The lowest BCUT2D eigenvalue weighted by molar-refractivity contribution is -0.130. The molecule has 0 aliphatic carbocycles. The average Bonchev–Trinajstić information content (AvgIpc) is 2.61. The fourth-order valence-electron chi connectivity index (χ4n) is 3.06. The lowest BCUT2D eigenvalue weighted by Crippen LogP contribution is -2.47. The highest BCUT2D eigenvalue weighted by Gasteiger charge is 2.39. The van der Waals surface area contributed by atoms with Crippen LogP contribution in [0.5, 0.6) is 0 Å². The highest BCUT2D eigenvalue weighted by atomic mass is 35.5. The van der Waals surface area contributed by atoms with E-state index in [1.54, 1.807) is 14.2 Å². The molecule has 148 valence electrons. The summed E-state index contributed by atoms with van der Waals surface area (Å²) in [7, 11) is 2.26. The van der Waals surface area contributed by atoms with Crippen molar-refractivity contribution in [1.82, 2.24) is 5.32 Å². The lowest BCUT2D eigenvalue weighted by Gasteiger charge is -2.35. The predicted octanol–water partition coefficient (Wildman–Crippen LogP) is 1.96. The summed E-state index contributed by atoms with van der Waals surface area (Å²) in [4.78, 5) is 12.9. The van der Waals surface area contributed by atoms with Crippen LogP contribution in [-0.4, -0.2) is 56.4 Å². The molecule has 1 aromatic carbocycles. The summed E-state index contributed by atoms with van der Waals surface area (Å²) in [5, 5.41) is 6.31. The first-order valence-corrected chi connectivity index (χ1v) is 10.0. The minimum Gasteiger partial charge on any atom is -0.384 e. The molecule has 2 rings (SSSR count). The minimum atomic E-state index is -0.973. The fraction of sp³-hybridized carbons (Fsp3) is 0.611. The van der Waals surface area contributed by atoms with Crippen molar-refractivity contribution < 1.29 is 18.5 Å². The van der Waals surface area contributed by atoms with Gasteiger partial charge in [-0.3, -0.25) is 9.00 Å². The van der Waals surface area contributed by atoms with Gasteiger partial charge in [-0.2, -0.15) is 0 Å². The van der Waals surface area contributed by atoms with Crippen LogP contribution in [0, 0.1) is 5.41 Å². The first-order chi connectivity index (χ1) is 12.1. The number of nitrogens with one attached hydrogen (secondary N) is 2. The van der Waals surface area contributed by atoms with Crippen LogP contribution in [0.2, 0.25) is 0 Å². The van der Waals surface area contributed by atoms with Gasteiger partial charge in [0, 0.05) is 42.2 Å². The van der Waals surface area contributed by atoms with E-state index in [0.717, 1.165) is 37.2 Å². The van der Waals surface area contributed by atoms with Gasteiger partial charge in [-0.1, -0.05) is 12.1 Å². The Kier molecular flexibility index (Phi) is 10.3. The van der Waals surface area contributed by atoms with E-state index in [1.807, 2.05) is 24.3 Å². The van der Waals surface area contributed by atoms with Crippen LogP contribution >= 0.6 is 12.4 Å². The van der Waals surface area contributed by atoms with Crippen molar-refractivity contribution in [2.24, 2.45) is 5.41 Å². The van der Waals surface area contributed by atoms with Crippen molar-refractivity contribution in [1.29, 1.82) is 0 Å². The number of ether oxygens (including phenoxy) is 2. The number of carbonyl (C=O) groups excluding carboxylic acids is 1. The number of benzene rings is 1. The molecule has 1 amide bonds. The topological polar surface area (TPSA) is 76.7 Å². The van der Waals surface area contributed by atoms with E-state index in [2.05, 4.69) is 10.6 Å². The Morgan fingerprint density at radius 2 is 2.00 bits per heavy atom. The molecule has 1 heterocycles. The number of halogens is 1.